The van der Waals surface area contributed by atoms with Crippen molar-refractivity contribution in [3.05, 3.63) is 61.6 Å². The third-order valence-electron chi connectivity index (χ3n) is 2.59. The van der Waals surface area contributed by atoms with Gasteiger partial charge in [0, 0.05) is 17.8 Å². The third kappa shape index (κ3) is 4.00. The van der Waals surface area contributed by atoms with Crippen LogP contribution in [0.1, 0.15) is 0 Å². The second kappa shape index (κ2) is 6.83. The lowest BCUT2D eigenvalue weighted by atomic mass is 10.3. The molecule has 2 N–H and O–H groups in total. The zero-order valence-electron chi connectivity index (χ0n) is 10.8. The van der Waals surface area contributed by atoms with E-state index in [0.29, 0.717) is 5.69 Å². The first-order chi connectivity index (χ1) is 10.4. The summed E-state index contributed by atoms with van der Waals surface area (Å²) in [7, 11) is 0. The summed E-state index contributed by atoms with van der Waals surface area (Å²) in [5.41, 5.74) is 0.605. The maximum Gasteiger partial charge on any atom is 0.323 e. The van der Waals surface area contributed by atoms with Gasteiger partial charge in [0.05, 0.1) is 25.7 Å². The number of non-ortho nitro benzene ring substituents is 1. The molecule has 2 amide bonds. The second-order valence-corrected chi connectivity index (χ2v) is 5.35. The van der Waals surface area contributed by atoms with Gasteiger partial charge in [0.2, 0.25) is 0 Å². The molecule has 0 fully saturated rings. The molecule has 0 spiro atoms. The summed E-state index contributed by atoms with van der Waals surface area (Å²) in [6, 6.07) is 7.63. The Kier molecular flexibility index (Phi) is 5.07. The SMILES string of the molecule is O=C(Nc1ccc([N+](=O)[O-])cc1)Nc1cc(Cl)c(Cl)cc1Cl. The Morgan fingerprint density at radius 3 is 2.14 bits per heavy atom. The fraction of sp³-hybridized carbons (Fsp3) is 0. The Labute approximate surface area is 140 Å². The van der Waals surface area contributed by atoms with Crippen LogP contribution in [0.5, 0.6) is 0 Å². The van der Waals surface area contributed by atoms with Crippen LogP contribution in [-0.2, 0) is 0 Å². The highest BCUT2D eigenvalue weighted by molar-refractivity contribution is 6.44. The number of amides is 2. The van der Waals surface area contributed by atoms with Crippen molar-refractivity contribution in [2.45, 2.75) is 0 Å². The molecular weight excluding hydrogens is 353 g/mol. The van der Waals surface area contributed by atoms with Gasteiger partial charge in [-0.15, -0.1) is 0 Å². The van der Waals surface area contributed by atoms with Gasteiger partial charge in [-0.3, -0.25) is 10.1 Å². The monoisotopic (exact) mass is 359 g/mol. The number of nitro groups is 1. The summed E-state index contributed by atoms with van der Waals surface area (Å²) >= 11 is 17.6. The van der Waals surface area contributed by atoms with Crippen molar-refractivity contribution in [1.82, 2.24) is 0 Å². The number of nitro benzene ring substituents is 1. The first-order valence-electron chi connectivity index (χ1n) is 5.84. The molecule has 2 aromatic carbocycles. The molecule has 2 aromatic rings. The summed E-state index contributed by atoms with van der Waals surface area (Å²) in [5, 5.41) is 16.3. The van der Waals surface area contributed by atoms with Gasteiger partial charge in [-0.1, -0.05) is 34.8 Å². The highest BCUT2D eigenvalue weighted by Gasteiger charge is 2.10. The zero-order chi connectivity index (χ0) is 16.3. The molecule has 0 aliphatic heterocycles. The standard InChI is InChI=1S/C13H8Cl3N3O3/c14-9-5-11(16)12(6-10(9)15)18-13(20)17-7-1-3-8(4-2-7)19(21)22/h1-6H,(H2,17,18,20). The van der Waals surface area contributed by atoms with Crippen molar-refractivity contribution in [3.8, 4) is 0 Å². The minimum Gasteiger partial charge on any atom is -0.308 e. The van der Waals surface area contributed by atoms with E-state index in [0.717, 1.165) is 0 Å². The van der Waals surface area contributed by atoms with Crippen LogP contribution in [0, 0.1) is 10.1 Å². The van der Waals surface area contributed by atoms with Crippen LogP contribution in [0.2, 0.25) is 15.1 Å². The van der Waals surface area contributed by atoms with Gasteiger partial charge < -0.3 is 10.6 Å². The van der Waals surface area contributed by atoms with E-state index in [1.54, 1.807) is 0 Å². The van der Waals surface area contributed by atoms with Gasteiger partial charge in [-0.25, -0.2) is 4.79 Å². The molecule has 114 valence electrons. The Hall–Kier alpha value is -2.02. The van der Waals surface area contributed by atoms with Crippen molar-refractivity contribution in [1.29, 1.82) is 0 Å². The van der Waals surface area contributed by atoms with Crippen LogP contribution < -0.4 is 10.6 Å². The summed E-state index contributed by atoms with van der Waals surface area (Å²) < 4.78 is 0. The van der Waals surface area contributed by atoms with E-state index in [1.165, 1.54) is 36.4 Å². The third-order valence-corrected chi connectivity index (χ3v) is 3.63. The Morgan fingerprint density at radius 1 is 0.955 bits per heavy atom. The molecule has 0 atom stereocenters. The Morgan fingerprint density at radius 2 is 1.55 bits per heavy atom. The average molecular weight is 361 g/mol. The quantitative estimate of drug-likeness (QED) is 0.448. The van der Waals surface area contributed by atoms with E-state index in [4.69, 9.17) is 34.8 Å². The minimum absolute atomic E-state index is 0.0708. The molecule has 6 nitrogen and oxygen atoms in total. The van der Waals surface area contributed by atoms with E-state index in [-0.39, 0.29) is 26.4 Å². The maximum absolute atomic E-state index is 11.9. The number of urea groups is 1. The number of nitrogens with zero attached hydrogens (tertiary/aromatic N) is 1. The van der Waals surface area contributed by atoms with Crippen LogP contribution >= 0.6 is 34.8 Å². The normalized spacial score (nSPS) is 10.1. The van der Waals surface area contributed by atoms with Crippen molar-refractivity contribution >= 4 is 57.9 Å². The number of benzene rings is 2. The number of rotatable bonds is 3. The van der Waals surface area contributed by atoms with Crippen molar-refractivity contribution in [2.24, 2.45) is 0 Å². The highest BCUT2D eigenvalue weighted by Crippen LogP contribution is 2.32. The Balaban J connectivity index is 2.07. The van der Waals surface area contributed by atoms with Crippen LogP contribution in [0.25, 0.3) is 0 Å². The molecule has 0 aromatic heterocycles. The van der Waals surface area contributed by atoms with E-state index >= 15 is 0 Å². The van der Waals surface area contributed by atoms with Crippen LogP contribution in [0.4, 0.5) is 21.9 Å². The number of anilines is 2. The maximum atomic E-state index is 11.9. The van der Waals surface area contributed by atoms with Gasteiger partial charge in [-0.2, -0.15) is 0 Å². The largest absolute Gasteiger partial charge is 0.323 e. The lowest BCUT2D eigenvalue weighted by Crippen LogP contribution is -2.19. The summed E-state index contributed by atoms with van der Waals surface area (Å²) in [4.78, 5) is 21.9. The van der Waals surface area contributed by atoms with E-state index < -0.39 is 11.0 Å². The predicted molar refractivity (Wildman–Crippen MR) is 87.2 cm³/mol. The zero-order valence-corrected chi connectivity index (χ0v) is 13.0. The van der Waals surface area contributed by atoms with Crippen LogP contribution in [0.3, 0.4) is 0 Å². The number of carbonyl (C=O) groups excluding carboxylic acids is 1. The lowest BCUT2D eigenvalue weighted by molar-refractivity contribution is -0.384. The highest BCUT2D eigenvalue weighted by atomic mass is 35.5. The Bertz CT molecular complexity index is 735. The van der Waals surface area contributed by atoms with Gasteiger partial charge in [0.25, 0.3) is 5.69 Å². The summed E-state index contributed by atoms with van der Waals surface area (Å²) in [5.74, 6) is 0. The van der Waals surface area contributed by atoms with E-state index in [1.807, 2.05) is 0 Å². The average Bonchev–Trinajstić information content (AvgIpc) is 2.45. The minimum atomic E-state index is -0.575. The van der Waals surface area contributed by atoms with Gasteiger partial charge in [0.1, 0.15) is 0 Å². The van der Waals surface area contributed by atoms with Gasteiger partial charge in [0.15, 0.2) is 0 Å². The topological polar surface area (TPSA) is 84.3 Å². The molecule has 0 bridgehead atoms. The first-order valence-corrected chi connectivity index (χ1v) is 6.97. The number of halogens is 3. The number of nitrogens with one attached hydrogen (secondary N) is 2. The molecule has 0 radical (unpaired) electrons. The first kappa shape index (κ1) is 16.4. The van der Waals surface area contributed by atoms with Gasteiger partial charge >= 0.3 is 6.03 Å². The molecule has 0 saturated heterocycles. The second-order valence-electron chi connectivity index (χ2n) is 4.13. The fourth-order valence-electron chi connectivity index (χ4n) is 1.57. The molecule has 0 aliphatic carbocycles. The summed E-state index contributed by atoms with van der Waals surface area (Å²) in [6.07, 6.45) is 0. The van der Waals surface area contributed by atoms with Crippen molar-refractivity contribution < 1.29 is 9.72 Å². The molecule has 22 heavy (non-hydrogen) atoms. The molecule has 0 saturated carbocycles. The molecule has 0 heterocycles. The molecule has 9 heteroatoms. The number of carbonyl (C=O) groups is 1. The van der Waals surface area contributed by atoms with Gasteiger partial charge in [-0.05, 0) is 24.3 Å². The number of hydrogen-bond donors (Lipinski definition) is 2. The van der Waals surface area contributed by atoms with E-state index in [9.17, 15) is 14.9 Å². The fourth-order valence-corrected chi connectivity index (χ4v) is 2.16. The molecular formula is C13H8Cl3N3O3. The molecule has 0 unspecified atom stereocenters. The number of hydrogen-bond acceptors (Lipinski definition) is 3. The van der Waals surface area contributed by atoms with Crippen molar-refractivity contribution in [2.75, 3.05) is 10.6 Å². The smallest absolute Gasteiger partial charge is 0.308 e. The van der Waals surface area contributed by atoms with Crippen molar-refractivity contribution in [3.63, 3.8) is 0 Å². The lowest BCUT2D eigenvalue weighted by Gasteiger charge is -2.10. The van der Waals surface area contributed by atoms with Crippen LogP contribution in [0.15, 0.2) is 36.4 Å². The summed E-state index contributed by atoms with van der Waals surface area (Å²) in [6.45, 7) is 0. The predicted octanol–water partition coefficient (Wildman–Crippen LogP) is 5.20. The van der Waals surface area contributed by atoms with E-state index in [2.05, 4.69) is 10.6 Å². The molecule has 2 rings (SSSR count). The molecule has 0 aliphatic rings. The van der Waals surface area contributed by atoms with Crippen LogP contribution in [-0.4, -0.2) is 11.0 Å².